The van der Waals surface area contributed by atoms with E-state index in [0.29, 0.717) is 17.9 Å². The van der Waals surface area contributed by atoms with Crippen LogP contribution in [0.4, 0.5) is 11.5 Å². The fourth-order valence-electron chi connectivity index (χ4n) is 4.02. The highest BCUT2D eigenvalue weighted by Crippen LogP contribution is 2.33. The van der Waals surface area contributed by atoms with Crippen LogP contribution in [0.15, 0.2) is 54.9 Å². The Labute approximate surface area is 168 Å². The van der Waals surface area contributed by atoms with Gasteiger partial charge in [0.2, 0.25) is 0 Å². The molecule has 0 aliphatic carbocycles. The lowest BCUT2D eigenvalue weighted by atomic mass is 10.1. The molecule has 4 aromatic rings. The van der Waals surface area contributed by atoms with Crippen LogP contribution in [0.25, 0.3) is 22.3 Å². The first kappa shape index (κ1) is 17.5. The molecule has 3 N–H and O–H groups in total. The Balaban J connectivity index is 1.63. The van der Waals surface area contributed by atoms with E-state index < -0.39 is 0 Å². The van der Waals surface area contributed by atoms with Crippen LogP contribution in [-0.2, 0) is 6.54 Å². The molecule has 7 heteroatoms. The number of fused-ring (bicyclic) bond motifs is 1. The van der Waals surface area contributed by atoms with E-state index in [1.165, 1.54) is 12.8 Å². The molecule has 1 aromatic carbocycles. The highest BCUT2D eigenvalue weighted by molar-refractivity contribution is 5.99. The molecule has 0 saturated carbocycles. The summed E-state index contributed by atoms with van der Waals surface area (Å²) >= 11 is 0. The summed E-state index contributed by atoms with van der Waals surface area (Å²) in [6.07, 6.45) is 5.93. The number of pyridine rings is 2. The summed E-state index contributed by atoms with van der Waals surface area (Å²) in [5.41, 5.74) is 10.3. The Morgan fingerprint density at radius 1 is 1.00 bits per heavy atom. The first-order valence-electron chi connectivity index (χ1n) is 9.80. The minimum absolute atomic E-state index is 0.191. The maximum atomic E-state index is 9.92. The third-order valence-corrected chi connectivity index (χ3v) is 5.38. The summed E-state index contributed by atoms with van der Waals surface area (Å²) in [5, 5.41) is 15.6. The number of benzene rings is 1. The van der Waals surface area contributed by atoms with Crippen LogP contribution < -0.4 is 10.6 Å². The standard InChI is InChI=1S/C22H22N6O/c23-18-8-10-25-22-19(18)20(15-5-3-7-17(29)13-15)26-28(22)14-16-6-4-9-24-21(16)27-11-1-2-12-27/h3-10,13,29H,1-2,11-12,14H2,(H2,23,25). The van der Waals surface area contributed by atoms with Crippen LogP contribution in [0.2, 0.25) is 0 Å². The van der Waals surface area contributed by atoms with Gasteiger partial charge in [-0.3, -0.25) is 0 Å². The van der Waals surface area contributed by atoms with Crippen molar-refractivity contribution in [2.45, 2.75) is 19.4 Å². The van der Waals surface area contributed by atoms with E-state index in [-0.39, 0.29) is 5.75 Å². The second-order valence-electron chi connectivity index (χ2n) is 7.34. The lowest BCUT2D eigenvalue weighted by Crippen LogP contribution is -2.21. The van der Waals surface area contributed by atoms with E-state index >= 15 is 0 Å². The van der Waals surface area contributed by atoms with Gasteiger partial charge in [0.15, 0.2) is 5.65 Å². The number of anilines is 2. The predicted octanol–water partition coefficient (Wildman–Crippen LogP) is 3.43. The molecule has 0 radical (unpaired) electrons. The van der Waals surface area contributed by atoms with Gasteiger partial charge >= 0.3 is 0 Å². The van der Waals surface area contributed by atoms with Crippen molar-refractivity contribution in [2.75, 3.05) is 23.7 Å². The maximum absolute atomic E-state index is 9.92. The van der Waals surface area contributed by atoms with Crippen LogP contribution in [0.3, 0.4) is 0 Å². The first-order chi connectivity index (χ1) is 14.2. The summed E-state index contributed by atoms with van der Waals surface area (Å²) in [4.78, 5) is 11.5. The molecule has 7 nitrogen and oxygen atoms in total. The molecule has 0 bridgehead atoms. The van der Waals surface area contributed by atoms with E-state index in [9.17, 15) is 5.11 Å². The molecule has 3 aromatic heterocycles. The zero-order chi connectivity index (χ0) is 19.8. The summed E-state index contributed by atoms with van der Waals surface area (Å²) < 4.78 is 1.88. The third-order valence-electron chi connectivity index (χ3n) is 5.38. The summed E-state index contributed by atoms with van der Waals surface area (Å²) in [5.74, 6) is 1.20. The van der Waals surface area contributed by atoms with Gasteiger partial charge < -0.3 is 15.7 Å². The predicted molar refractivity (Wildman–Crippen MR) is 114 cm³/mol. The number of hydrogen-bond donors (Lipinski definition) is 2. The third kappa shape index (κ3) is 3.14. The summed E-state index contributed by atoms with van der Waals surface area (Å²) in [6, 6.07) is 12.9. The molecular formula is C22H22N6O. The molecule has 146 valence electrons. The van der Waals surface area contributed by atoms with Gasteiger partial charge in [-0.25, -0.2) is 14.6 Å². The average Bonchev–Trinajstić information content (AvgIpc) is 3.38. The second-order valence-corrected chi connectivity index (χ2v) is 7.34. The molecule has 4 heterocycles. The number of nitrogen functional groups attached to an aromatic ring is 1. The molecule has 1 aliphatic rings. The zero-order valence-electron chi connectivity index (χ0n) is 16.0. The van der Waals surface area contributed by atoms with Crippen molar-refractivity contribution in [1.29, 1.82) is 0 Å². The topological polar surface area (TPSA) is 93.1 Å². The number of aromatic hydroxyl groups is 1. The highest BCUT2D eigenvalue weighted by atomic mass is 16.3. The largest absolute Gasteiger partial charge is 0.508 e. The van der Waals surface area contributed by atoms with Crippen molar-refractivity contribution < 1.29 is 5.11 Å². The monoisotopic (exact) mass is 386 g/mol. The Morgan fingerprint density at radius 3 is 2.69 bits per heavy atom. The Morgan fingerprint density at radius 2 is 1.86 bits per heavy atom. The van der Waals surface area contributed by atoms with Crippen molar-refractivity contribution in [3.63, 3.8) is 0 Å². The van der Waals surface area contributed by atoms with Crippen LogP contribution in [0.1, 0.15) is 18.4 Å². The van der Waals surface area contributed by atoms with Gasteiger partial charge in [0.25, 0.3) is 0 Å². The quantitative estimate of drug-likeness (QED) is 0.558. The molecule has 1 aliphatic heterocycles. The van der Waals surface area contributed by atoms with Gasteiger partial charge in [-0.2, -0.15) is 5.10 Å². The molecule has 0 amide bonds. The first-order valence-corrected chi connectivity index (χ1v) is 9.80. The van der Waals surface area contributed by atoms with E-state index in [2.05, 4.69) is 20.9 Å². The second kappa shape index (κ2) is 7.09. The number of aromatic nitrogens is 4. The van der Waals surface area contributed by atoms with E-state index in [1.807, 2.05) is 23.0 Å². The van der Waals surface area contributed by atoms with Gasteiger partial charge in [0.1, 0.15) is 17.3 Å². The van der Waals surface area contributed by atoms with Crippen molar-refractivity contribution in [1.82, 2.24) is 19.7 Å². The number of rotatable bonds is 4. The molecule has 1 fully saturated rings. The van der Waals surface area contributed by atoms with E-state index in [1.54, 1.807) is 30.5 Å². The van der Waals surface area contributed by atoms with E-state index in [4.69, 9.17) is 10.8 Å². The maximum Gasteiger partial charge on any atom is 0.160 e. The van der Waals surface area contributed by atoms with Gasteiger partial charge in [0.05, 0.1) is 11.9 Å². The molecule has 0 spiro atoms. The lowest BCUT2D eigenvalue weighted by Gasteiger charge is -2.19. The van der Waals surface area contributed by atoms with Gasteiger partial charge in [-0.05, 0) is 37.1 Å². The molecule has 29 heavy (non-hydrogen) atoms. The van der Waals surface area contributed by atoms with Crippen LogP contribution in [0, 0.1) is 0 Å². The summed E-state index contributed by atoms with van der Waals surface area (Å²) in [6.45, 7) is 2.61. The van der Waals surface area contributed by atoms with Crippen molar-refractivity contribution in [3.8, 4) is 17.0 Å². The van der Waals surface area contributed by atoms with Crippen molar-refractivity contribution in [2.24, 2.45) is 0 Å². The smallest absolute Gasteiger partial charge is 0.160 e. The summed E-state index contributed by atoms with van der Waals surface area (Å²) in [7, 11) is 0. The molecule has 1 saturated heterocycles. The SMILES string of the molecule is Nc1ccnc2c1c(-c1cccc(O)c1)nn2Cc1cccnc1N1CCCC1. The van der Waals surface area contributed by atoms with Crippen LogP contribution >= 0.6 is 0 Å². The van der Waals surface area contributed by atoms with Crippen LogP contribution in [-0.4, -0.2) is 37.9 Å². The minimum Gasteiger partial charge on any atom is -0.508 e. The Hall–Kier alpha value is -3.61. The highest BCUT2D eigenvalue weighted by Gasteiger charge is 2.20. The van der Waals surface area contributed by atoms with Gasteiger partial charge in [-0.15, -0.1) is 0 Å². The average molecular weight is 386 g/mol. The number of phenols is 1. The van der Waals surface area contributed by atoms with Gasteiger partial charge in [0, 0.05) is 42.3 Å². The van der Waals surface area contributed by atoms with Crippen molar-refractivity contribution >= 4 is 22.5 Å². The molecule has 0 unspecified atom stereocenters. The fourth-order valence-corrected chi connectivity index (χ4v) is 4.02. The minimum atomic E-state index is 0.191. The number of nitrogens with two attached hydrogens (primary N) is 1. The number of phenolic OH excluding ortho intramolecular Hbond substituents is 1. The van der Waals surface area contributed by atoms with Crippen molar-refractivity contribution in [3.05, 3.63) is 60.4 Å². The molecule has 0 atom stereocenters. The zero-order valence-corrected chi connectivity index (χ0v) is 16.0. The fraction of sp³-hybridized carbons (Fsp3) is 0.227. The lowest BCUT2D eigenvalue weighted by molar-refractivity contribution is 0.475. The van der Waals surface area contributed by atoms with Crippen LogP contribution in [0.5, 0.6) is 5.75 Å². The molecule has 5 rings (SSSR count). The van der Waals surface area contributed by atoms with E-state index in [0.717, 1.165) is 41.1 Å². The number of hydrogen-bond acceptors (Lipinski definition) is 6. The van der Waals surface area contributed by atoms with Gasteiger partial charge in [-0.1, -0.05) is 18.2 Å². The normalized spacial score (nSPS) is 14.0. The Bertz CT molecular complexity index is 1180. The Kier molecular flexibility index (Phi) is 4.27. The molecular weight excluding hydrogens is 364 g/mol. The number of nitrogens with zero attached hydrogens (tertiary/aromatic N) is 5.